The van der Waals surface area contributed by atoms with Crippen LogP contribution in [0.2, 0.25) is 0 Å². The van der Waals surface area contributed by atoms with Gasteiger partial charge in [0.15, 0.2) is 11.9 Å². The molecule has 2 rings (SSSR count). The molecule has 2 aromatic rings. The Labute approximate surface area is 165 Å². The van der Waals surface area contributed by atoms with Gasteiger partial charge in [-0.1, -0.05) is 55.8 Å². The first-order chi connectivity index (χ1) is 13.1. The summed E-state index contributed by atoms with van der Waals surface area (Å²) in [4.78, 5) is 28.4. The molecule has 0 fully saturated rings. The van der Waals surface area contributed by atoms with E-state index >= 15 is 0 Å². The van der Waals surface area contributed by atoms with E-state index < -0.39 is 12.1 Å². The fourth-order valence-corrected chi connectivity index (χ4v) is 2.39. The number of esters is 1. The van der Waals surface area contributed by atoms with Crippen LogP contribution in [-0.2, 0) is 32.7 Å². The number of benzene rings is 1. The molecule has 1 heterocycles. The summed E-state index contributed by atoms with van der Waals surface area (Å²) in [7, 11) is 0. The van der Waals surface area contributed by atoms with E-state index in [0.29, 0.717) is 31.1 Å². The first-order valence-corrected chi connectivity index (χ1v) is 9.51. The largest absolute Gasteiger partial charge is 0.453 e. The number of carbonyl (C=O) groups excluding carboxylic acids is 2. The van der Waals surface area contributed by atoms with Crippen molar-refractivity contribution in [3.05, 3.63) is 47.1 Å². The minimum absolute atomic E-state index is 0.179. The van der Waals surface area contributed by atoms with E-state index in [1.807, 2.05) is 52.0 Å². The molecule has 0 spiro atoms. The summed E-state index contributed by atoms with van der Waals surface area (Å²) in [6, 6.07) is 7.88. The number of rotatable bonds is 8. The van der Waals surface area contributed by atoms with Crippen LogP contribution < -0.4 is 5.32 Å². The topological polar surface area (TPSA) is 94.3 Å². The second-order valence-electron chi connectivity index (χ2n) is 7.95. The highest BCUT2D eigenvalue weighted by Gasteiger charge is 2.21. The number of nitrogens with zero attached hydrogens (tertiary/aromatic N) is 2. The Morgan fingerprint density at radius 1 is 1.21 bits per heavy atom. The molecule has 1 aromatic carbocycles. The van der Waals surface area contributed by atoms with Crippen molar-refractivity contribution >= 4 is 11.9 Å². The summed E-state index contributed by atoms with van der Waals surface area (Å²) >= 11 is 0. The zero-order valence-electron chi connectivity index (χ0n) is 17.2. The monoisotopic (exact) mass is 387 g/mol. The number of hydrogen-bond donors (Lipinski definition) is 1. The molecule has 0 aliphatic rings. The van der Waals surface area contributed by atoms with E-state index in [0.717, 1.165) is 11.1 Å². The molecule has 1 unspecified atom stereocenters. The molecule has 1 N–H and O–H groups in total. The first kappa shape index (κ1) is 21.6. The average Bonchev–Trinajstić information content (AvgIpc) is 3.10. The maximum absolute atomic E-state index is 12.1. The Morgan fingerprint density at radius 2 is 1.89 bits per heavy atom. The molecule has 0 aliphatic heterocycles. The van der Waals surface area contributed by atoms with Crippen LogP contribution in [0.3, 0.4) is 0 Å². The molecule has 1 aromatic heterocycles. The highest BCUT2D eigenvalue weighted by Crippen LogP contribution is 2.19. The van der Waals surface area contributed by atoms with Crippen LogP contribution in [0.1, 0.15) is 63.4 Å². The Hall–Kier alpha value is -2.70. The molecule has 7 nitrogen and oxygen atoms in total. The number of aryl methyl sites for hydroxylation is 2. The number of hydrogen-bond acceptors (Lipinski definition) is 6. The third kappa shape index (κ3) is 6.79. The molecule has 28 heavy (non-hydrogen) atoms. The number of carbonyl (C=O) groups is 2. The number of nitrogens with one attached hydrogen (secondary N) is 1. The fourth-order valence-electron chi connectivity index (χ4n) is 2.39. The van der Waals surface area contributed by atoms with Crippen molar-refractivity contribution in [1.82, 2.24) is 15.5 Å². The van der Waals surface area contributed by atoms with Crippen LogP contribution in [-0.4, -0.2) is 28.1 Å². The third-order valence-corrected chi connectivity index (χ3v) is 4.18. The van der Waals surface area contributed by atoms with Gasteiger partial charge >= 0.3 is 5.97 Å². The Kier molecular flexibility index (Phi) is 7.31. The number of aromatic nitrogens is 2. The highest BCUT2D eigenvalue weighted by molar-refractivity contribution is 5.83. The molecule has 0 saturated heterocycles. The van der Waals surface area contributed by atoms with Crippen molar-refractivity contribution < 1.29 is 18.8 Å². The van der Waals surface area contributed by atoms with Gasteiger partial charge in [-0.25, -0.2) is 0 Å². The molecule has 152 valence electrons. The predicted molar refractivity (Wildman–Crippen MR) is 105 cm³/mol. The van der Waals surface area contributed by atoms with Crippen molar-refractivity contribution in [2.45, 2.75) is 71.9 Å². The summed E-state index contributed by atoms with van der Waals surface area (Å²) in [5, 5.41) is 6.72. The van der Waals surface area contributed by atoms with Crippen molar-refractivity contribution in [2.24, 2.45) is 0 Å². The Morgan fingerprint density at radius 3 is 2.50 bits per heavy atom. The lowest BCUT2D eigenvalue weighted by Gasteiger charge is -2.13. The van der Waals surface area contributed by atoms with Gasteiger partial charge in [0.2, 0.25) is 5.89 Å². The van der Waals surface area contributed by atoms with Crippen molar-refractivity contribution in [3.63, 3.8) is 0 Å². The molecule has 7 heteroatoms. The van der Waals surface area contributed by atoms with Gasteiger partial charge in [0.25, 0.3) is 5.91 Å². The summed E-state index contributed by atoms with van der Waals surface area (Å²) < 4.78 is 10.4. The Bertz CT molecular complexity index is 791. The van der Waals surface area contributed by atoms with E-state index in [2.05, 4.69) is 15.5 Å². The Balaban J connectivity index is 1.69. The van der Waals surface area contributed by atoms with Crippen LogP contribution in [0.4, 0.5) is 0 Å². The lowest BCUT2D eigenvalue weighted by atomic mass is 9.96. The van der Waals surface area contributed by atoms with Crippen LogP contribution in [0.15, 0.2) is 28.8 Å². The maximum Gasteiger partial charge on any atom is 0.306 e. The molecular formula is C21H29N3O4. The zero-order valence-corrected chi connectivity index (χ0v) is 17.2. The molecule has 1 amide bonds. The first-order valence-electron chi connectivity index (χ1n) is 9.51. The van der Waals surface area contributed by atoms with Gasteiger partial charge < -0.3 is 14.6 Å². The van der Waals surface area contributed by atoms with Crippen LogP contribution >= 0.6 is 0 Å². The lowest BCUT2D eigenvalue weighted by molar-refractivity contribution is -0.154. The van der Waals surface area contributed by atoms with Gasteiger partial charge in [-0.15, -0.1) is 0 Å². The van der Waals surface area contributed by atoms with Crippen molar-refractivity contribution in [3.8, 4) is 0 Å². The van der Waals surface area contributed by atoms with Gasteiger partial charge in [-0.3, -0.25) is 9.59 Å². The maximum atomic E-state index is 12.1. The molecule has 0 bridgehead atoms. The van der Waals surface area contributed by atoms with Crippen molar-refractivity contribution in [2.75, 3.05) is 0 Å². The van der Waals surface area contributed by atoms with Crippen LogP contribution in [0, 0.1) is 6.92 Å². The second-order valence-corrected chi connectivity index (χ2v) is 7.95. The van der Waals surface area contributed by atoms with Gasteiger partial charge in [0.1, 0.15) is 0 Å². The average molecular weight is 387 g/mol. The van der Waals surface area contributed by atoms with Gasteiger partial charge in [0.05, 0.1) is 0 Å². The SMILES string of the molecule is Cc1ccc(CNC(=O)C(C)OC(=O)CCCc2nc(C(C)(C)C)no2)cc1. The van der Waals surface area contributed by atoms with E-state index in [1.54, 1.807) is 6.92 Å². The zero-order chi connectivity index (χ0) is 20.7. The van der Waals surface area contributed by atoms with E-state index in [1.165, 1.54) is 0 Å². The van der Waals surface area contributed by atoms with E-state index in [9.17, 15) is 9.59 Å². The minimum atomic E-state index is -0.839. The third-order valence-electron chi connectivity index (χ3n) is 4.18. The molecule has 1 atom stereocenters. The molecule has 0 radical (unpaired) electrons. The fraction of sp³-hybridized carbons (Fsp3) is 0.524. The standard InChI is InChI=1S/C21H29N3O4/c1-14-9-11-16(12-10-14)13-22-19(26)15(2)27-18(25)8-6-7-17-23-20(24-28-17)21(3,4)5/h9-12,15H,6-8,13H2,1-5H3,(H,22,26). The highest BCUT2D eigenvalue weighted by atomic mass is 16.5. The van der Waals surface area contributed by atoms with E-state index in [4.69, 9.17) is 9.26 Å². The smallest absolute Gasteiger partial charge is 0.306 e. The lowest BCUT2D eigenvalue weighted by Crippen LogP contribution is -2.35. The van der Waals surface area contributed by atoms with Gasteiger partial charge in [0, 0.05) is 24.8 Å². The normalized spacial score (nSPS) is 12.5. The van der Waals surface area contributed by atoms with Gasteiger partial charge in [-0.2, -0.15) is 4.98 Å². The second kappa shape index (κ2) is 9.48. The van der Waals surface area contributed by atoms with Crippen LogP contribution in [0.25, 0.3) is 0 Å². The minimum Gasteiger partial charge on any atom is -0.453 e. The quantitative estimate of drug-likeness (QED) is 0.699. The molecular weight excluding hydrogens is 358 g/mol. The summed E-state index contributed by atoms with van der Waals surface area (Å²) in [5.41, 5.74) is 1.97. The van der Waals surface area contributed by atoms with Gasteiger partial charge in [-0.05, 0) is 25.8 Å². The summed E-state index contributed by atoms with van der Waals surface area (Å²) in [5.74, 6) is 0.403. The molecule has 0 saturated carbocycles. The van der Waals surface area contributed by atoms with Crippen LogP contribution in [0.5, 0.6) is 0 Å². The van der Waals surface area contributed by atoms with Crippen molar-refractivity contribution in [1.29, 1.82) is 0 Å². The number of ether oxygens (including phenoxy) is 1. The number of amides is 1. The van der Waals surface area contributed by atoms with E-state index in [-0.39, 0.29) is 17.7 Å². The summed E-state index contributed by atoms with van der Waals surface area (Å²) in [6.07, 6.45) is 0.353. The summed E-state index contributed by atoms with van der Waals surface area (Å²) in [6.45, 7) is 9.98. The predicted octanol–water partition coefficient (Wildman–Crippen LogP) is 3.25. The molecule has 0 aliphatic carbocycles.